The van der Waals surface area contributed by atoms with E-state index in [-0.39, 0.29) is 0 Å². The monoisotopic (exact) mass is 310 g/mol. The van der Waals surface area contributed by atoms with Gasteiger partial charge in [-0.05, 0) is 55.4 Å². The molecule has 0 unspecified atom stereocenters. The van der Waals surface area contributed by atoms with Crippen LogP contribution in [-0.4, -0.2) is 23.5 Å². The summed E-state index contributed by atoms with van der Waals surface area (Å²) in [5.41, 5.74) is 0. The molecule has 2 saturated carbocycles. The molecule has 0 radical (unpaired) electrons. The van der Waals surface area contributed by atoms with Gasteiger partial charge in [-0.25, -0.2) is 0 Å². The average molecular weight is 310 g/mol. The van der Waals surface area contributed by atoms with E-state index in [1.165, 1.54) is 25.7 Å². The van der Waals surface area contributed by atoms with E-state index in [0.717, 1.165) is 40.8 Å². The lowest BCUT2D eigenvalue weighted by atomic mass is 9.96. The normalized spacial score (nSPS) is 27.7. The fourth-order valence-corrected chi connectivity index (χ4v) is 4.45. The summed E-state index contributed by atoms with van der Waals surface area (Å²) in [5, 5.41) is 7.66. The van der Waals surface area contributed by atoms with Crippen molar-refractivity contribution in [2.24, 2.45) is 11.8 Å². The molecule has 1 heterocycles. The number of rotatable bonds is 6. The molecule has 3 atom stereocenters. The molecule has 0 aromatic carbocycles. The Labute approximate surface area is 130 Å². The third-order valence-corrected chi connectivity index (χ3v) is 5.65. The first-order chi connectivity index (χ1) is 9.81. The number of hydrogen-bond donors (Lipinski definition) is 2. The van der Waals surface area contributed by atoms with Gasteiger partial charge in [0.25, 0.3) is 0 Å². The molecule has 1 aromatic rings. The second kappa shape index (κ2) is 6.85. The van der Waals surface area contributed by atoms with Gasteiger partial charge in [0, 0.05) is 18.3 Å². The van der Waals surface area contributed by atoms with Crippen molar-refractivity contribution in [3.63, 3.8) is 0 Å². The van der Waals surface area contributed by atoms with Crippen LogP contribution in [0.25, 0.3) is 0 Å². The molecule has 3 rings (SSSR count). The molecular formula is C15H22N2OS2. The Morgan fingerprint density at radius 3 is 3.05 bits per heavy atom. The highest BCUT2D eigenvalue weighted by atomic mass is 32.2. The molecule has 2 N–H and O–H groups in total. The van der Waals surface area contributed by atoms with E-state index in [9.17, 15) is 0 Å². The van der Waals surface area contributed by atoms with Crippen LogP contribution in [0.15, 0.2) is 22.8 Å². The Bertz CT molecular complexity index is 435. The van der Waals surface area contributed by atoms with Gasteiger partial charge < -0.3 is 15.1 Å². The van der Waals surface area contributed by atoms with Crippen LogP contribution in [0.5, 0.6) is 0 Å². The van der Waals surface area contributed by atoms with E-state index < -0.39 is 0 Å². The fraction of sp³-hybridized carbons (Fsp3) is 0.667. The molecule has 2 aliphatic rings. The van der Waals surface area contributed by atoms with E-state index in [4.69, 9.17) is 16.6 Å². The minimum atomic E-state index is 0.629. The summed E-state index contributed by atoms with van der Waals surface area (Å²) in [7, 11) is 0. The Kier molecular flexibility index (Phi) is 4.89. The van der Waals surface area contributed by atoms with Crippen molar-refractivity contribution in [1.29, 1.82) is 0 Å². The number of furan rings is 1. The van der Waals surface area contributed by atoms with Crippen molar-refractivity contribution in [2.45, 2.75) is 37.5 Å². The molecule has 0 amide bonds. The van der Waals surface area contributed by atoms with Gasteiger partial charge in [0.1, 0.15) is 5.76 Å². The van der Waals surface area contributed by atoms with Crippen molar-refractivity contribution >= 4 is 29.1 Å². The third kappa shape index (κ3) is 3.70. The highest BCUT2D eigenvalue weighted by molar-refractivity contribution is 7.98. The van der Waals surface area contributed by atoms with Crippen LogP contribution in [-0.2, 0) is 5.75 Å². The summed E-state index contributed by atoms with van der Waals surface area (Å²) in [5.74, 6) is 4.84. The van der Waals surface area contributed by atoms with Gasteiger partial charge in [-0.1, -0.05) is 6.42 Å². The van der Waals surface area contributed by atoms with Gasteiger partial charge >= 0.3 is 0 Å². The summed E-state index contributed by atoms with van der Waals surface area (Å²) < 4.78 is 5.30. The zero-order valence-corrected chi connectivity index (χ0v) is 13.3. The molecule has 2 aliphatic carbocycles. The zero-order valence-electron chi connectivity index (χ0n) is 11.6. The highest BCUT2D eigenvalue weighted by Crippen LogP contribution is 2.44. The molecule has 110 valence electrons. The van der Waals surface area contributed by atoms with Gasteiger partial charge in [0.2, 0.25) is 0 Å². The Morgan fingerprint density at radius 1 is 1.40 bits per heavy atom. The van der Waals surface area contributed by atoms with Gasteiger partial charge in [0.05, 0.1) is 12.0 Å². The minimum Gasteiger partial charge on any atom is -0.468 e. The van der Waals surface area contributed by atoms with Crippen LogP contribution in [0.2, 0.25) is 0 Å². The van der Waals surface area contributed by atoms with E-state index in [1.807, 2.05) is 23.9 Å². The topological polar surface area (TPSA) is 37.2 Å². The van der Waals surface area contributed by atoms with E-state index in [1.54, 1.807) is 6.26 Å². The predicted molar refractivity (Wildman–Crippen MR) is 87.8 cm³/mol. The molecule has 3 nitrogen and oxygen atoms in total. The first kappa shape index (κ1) is 14.3. The quantitative estimate of drug-likeness (QED) is 0.623. The van der Waals surface area contributed by atoms with Crippen molar-refractivity contribution in [1.82, 2.24) is 10.6 Å². The predicted octanol–water partition coefficient (Wildman–Crippen LogP) is 3.17. The average Bonchev–Trinajstić information content (AvgIpc) is 3.15. The summed E-state index contributed by atoms with van der Waals surface area (Å²) in [6.07, 6.45) is 7.29. The van der Waals surface area contributed by atoms with Crippen LogP contribution in [0.3, 0.4) is 0 Å². The maximum Gasteiger partial charge on any atom is 0.166 e. The first-order valence-corrected chi connectivity index (χ1v) is 9.02. The summed E-state index contributed by atoms with van der Waals surface area (Å²) in [4.78, 5) is 0. The number of nitrogens with one attached hydrogen (secondary N) is 2. The van der Waals surface area contributed by atoms with Gasteiger partial charge in [-0.15, -0.1) is 0 Å². The number of thiocarbonyl (C=S) groups is 1. The summed E-state index contributed by atoms with van der Waals surface area (Å²) in [6, 6.07) is 4.58. The van der Waals surface area contributed by atoms with Crippen molar-refractivity contribution < 1.29 is 4.42 Å². The number of fused-ring (bicyclic) bond motifs is 2. The molecule has 2 fully saturated rings. The molecule has 0 saturated heterocycles. The molecule has 20 heavy (non-hydrogen) atoms. The van der Waals surface area contributed by atoms with E-state index in [2.05, 4.69) is 10.6 Å². The largest absolute Gasteiger partial charge is 0.468 e. The smallest absolute Gasteiger partial charge is 0.166 e. The molecule has 5 heteroatoms. The number of hydrogen-bond acceptors (Lipinski definition) is 3. The van der Waals surface area contributed by atoms with Gasteiger partial charge in [-0.3, -0.25) is 0 Å². The van der Waals surface area contributed by atoms with Crippen LogP contribution in [0.4, 0.5) is 0 Å². The van der Waals surface area contributed by atoms with Crippen molar-refractivity contribution in [3.8, 4) is 0 Å². The molecule has 1 aromatic heterocycles. The van der Waals surface area contributed by atoms with E-state index >= 15 is 0 Å². The van der Waals surface area contributed by atoms with Gasteiger partial charge in [0.15, 0.2) is 5.11 Å². The van der Waals surface area contributed by atoms with E-state index in [0.29, 0.717) is 6.04 Å². The minimum absolute atomic E-state index is 0.629. The Morgan fingerprint density at radius 2 is 2.35 bits per heavy atom. The van der Waals surface area contributed by atoms with Crippen LogP contribution >= 0.6 is 24.0 Å². The van der Waals surface area contributed by atoms with Gasteiger partial charge in [-0.2, -0.15) is 11.8 Å². The van der Waals surface area contributed by atoms with Crippen LogP contribution in [0.1, 0.15) is 31.4 Å². The molecule has 0 aliphatic heterocycles. The summed E-state index contributed by atoms with van der Waals surface area (Å²) in [6.45, 7) is 0.915. The lowest BCUT2D eigenvalue weighted by Gasteiger charge is -2.24. The molecule has 0 spiro atoms. The first-order valence-electron chi connectivity index (χ1n) is 7.46. The maximum atomic E-state index is 5.39. The Balaban J connectivity index is 1.26. The van der Waals surface area contributed by atoms with Crippen molar-refractivity contribution in [3.05, 3.63) is 24.2 Å². The third-order valence-electron chi connectivity index (χ3n) is 4.41. The molecule has 2 bridgehead atoms. The lowest BCUT2D eigenvalue weighted by Crippen LogP contribution is -2.44. The lowest BCUT2D eigenvalue weighted by molar-refractivity contribution is 0.389. The Hall–Kier alpha value is -0.680. The number of thioether (sulfide) groups is 1. The summed E-state index contributed by atoms with van der Waals surface area (Å²) >= 11 is 7.25. The zero-order chi connectivity index (χ0) is 13.8. The van der Waals surface area contributed by atoms with Crippen LogP contribution in [0, 0.1) is 11.8 Å². The maximum absolute atomic E-state index is 5.39. The second-order valence-electron chi connectivity index (χ2n) is 5.81. The SMILES string of the molecule is S=C(NCCSCc1ccco1)N[C@H]1C[C@H]2CC[C@H]1C2. The second-order valence-corrected chi connectivity index (χ2v) is 7.33. The standard InChI is InChI=1S/C15H22N2OS2/c19-15(17-14-9-11-3-4-12(14)8-11)16-5-7-20-10-13-2-1-6-18-13/h1-2,6,11-12,14H,3-5,7-10H2,(H2,16,17,19)/t11-,12-,14-/m0/s1. The highest BCUT2D eigenvalue weighted by Gasteiger charge is 2.39. The fourth-order valence-electron chi connectivity index (χ4n) is 3.45. The molecular weight excluding hydrogens is 288 g/mol. The van der Waals surface area contributed by atoms with Crippen molar-refractivity contribution in [2.75, 3.05) is 12.3 Å². The van der Waals surface area contributed by atoms with Crippen LogP contribution < -0.4 is 10.6 Å².